The van der Waals surface area contributed by atoms with Crippen LogP contribution < -0.4 is 0 Å². The van der Waals surface area contributed by atoms with Crippen LogP contribution in [-0.4, -0.2) is 34.0 Å². The van der Waals surface area contributed by atoms with Crippen molar-refractivity contribution in [1.82, 2.24) is 9.88 Å². The number of hydrogen-bond donors (Lipinski definition) is 1. The number of halogens is 1. The molecule has 2 unspecified atom stereocenters. The molecule has 2 aromatic rings. The van der Waals surface area contributed by atoms with Crippen LogP contribution in [0.2, 0.25) is 5.02 Å². The standard InChI is InChI=1S/C20H25ClN2O2S/c1-20(2,3)14-8-13(19(24)25)10-23(11-14)12-16-4-5-18(26-16)17-9-15(21)6-7-22-17/h4-7,9,13-14H,8,10-12H2,1-3H3,(H,24,25). The zero-order valence-corrected chi connectivity index (χ0v) is 17.0. The minimum absolute atomic E-state index is 0.109. The van der Waals surface area contributed by atoms with Crippen molar-refractivity contribution in [2.75, 3.05) is 13.1 Å². The first-order valence-corrected chi connectivity index (χ1v) is 10.1. The number of piperidine rings is 1. The SMILES string of the molecule is CC(C)(C)C1CC(C(=O)O)CN(Cc2ccc(-c3cc(Cl)ccn3)s2)C1. The number of pyridine rings is 1. The number of thiophene rings is 1. The van der Waals surface area contributed by atoms with Crippen LogP contribution in [0.4, 0.5) is 0 Å². The van der Waals surface area contributed by atoms with Crippen molar-refractivity contribution in [1.29, 1.82) is 0 Å². The van der Waals surface area contributed by atoms with E-state index < -0.39 is 5.97 Å². The first-order chi connectivity index (χ1) is 12.2. The van der Waals surface area contributed by atoms with Gasteiger partial charge in [-0.15, -0.1) is 11.3 Å². The summed E-state index contributed by atoms with van der Waals surface area (Å²) in [6.07, 6.45) is 2.48. The lowest BCUT2D eigenvalue weighted by molar-refractivity contribution is -0.145. The van der Waals surface area contributed by atoms with Crippen LogP contribution in [0.15, 0.2) is 30.5 Å². The number of carbonyl (C=O) groups is 1. The molecule has 0 bridgehead atoms. The van der Waals surface area contributed by atoms with Gasteiger partial charge in [0.25, 0.3) is 0 Å². The molecule has 26 heavy (non-hydrogen) atoms. The second-order valence-corrected chi connectivity index (χ2v) is 9.76. The molecular weight excluding hydrogens is 368 g/mol. The lowest BCUT2D eigenvalue weighted by Gasteiger charge is -2.42. The van der Waals surface area contributed by atoms with Gasteiger partial charge in [-0.3, -0.25) is 14.7 Å². The summed E-state index contributed by atoms with van der Waals surface area (Å²) < 4.78 is 0. The van der Waals surface area contributed by atoms with Crippen LogP contribution in [0.1, 0.15) is 32.1 Å². The summed E-state index contributed by atoms with van der Waals surface area (Å²) in [5.41, 5.74) is 0.987. The number of carboxylic acids is 1. The summed E-state index contributed by atoms with van der Waals surface area (Å²) in [5, 5.41) is 10.2. The van der Waals surface area contributed by atoms with Crippen molar-refractivity contribution in [3.05, 3.63) is 40.4 Å². The van der Waals surface area contributed by atoms with Gasteiger partial charge in [0.05, 0.1) is 16.5 Å². The Kier molecular flexibility index (Phi) is 5.70. The second kappa shape index (κ2) is 7.67. The Labute approximate surface area is 163 Å². The predicted octanol–water partition coefficient (Wildman–Crippen LogP) is 5.03. The largest absolute Gasteiger partial charge is 0.481 e. The summed E-state index contributed by atoms with van der Waals surface area (Å²) >= 11 is 7.76. The van der Waals surface area contributed by atoms with Crippen molar-refractivity contribution in [3.63, 3.8) is 0 Å². The molecule has 0 spiro atoms. The van der Waals surface area contributed by atoms with Crippen LogP contribution in [-0.2, 0) is 11.3 Å². The average molecular weight is 393 g/mol. The maximum atomic E-state index is 11.6. The molecule has 1 saturated heterocycles. The van der Waals surface area contributed by atoms with E-state index in [0.717, 1.165) is 30.1 Å². The van der Waals surface area contributed by atoms with E-state index in [1.165, 1.54) is 4.88 Å². The molecule has 2 aromatic heterocycles. The van der Waals surface area contributed by atoms with Crippen LogP contribution in [0, 0.1) is 17.3 Å². The first-order valence-electron chi connectivity index (χ1n) is 8.88. The molecule has 2 atom stereocenters. The highest BCUT2D eigenvalue weighted by Crippen LogP contribution is 2.37. The Hall–Kier alpha value is -1.43. The fourth-order valence-corrected chi connectivity index (χ4v) is 4.66. The Morgan fingerprint density at radius 2 is 2.12 bits per heavy atom. The fraction of sp³-hybridized carbons (Fsp3) is 0.500. The van der Waals surface area contributed by atoms with Gasteiger partial charge in [-0.25, -0.2) is 0 Å². The van der Waals surface area contributed by atoms with E-state index in [4.69, 9.17) is 11.6 Å². The molecule has 6 heteroatoms. The van der Waals surface area contributed by atoms with E-state index >= 15 is 0 Å². The highest BCUT2D eigenvalue weighted by Gasteiger charge is 2.37. The van der Waals surface area contributed by atoms with E-state index in [1.807, 2.05) is 6.07 Å². The van der Waals surface area contributed by atoms with E-state index in [1.54, 1.807) is 23.6 Å². The average Bonchev–Trinajstić information content (AvgIpc) is 3.02. The maximum Gasteiger partial charge on any atom is 0.307 e. The third kappa shape index (κ3) is 4.64. The molecule has 1 aliphatic heterocycles. The predicted molar refractivity (Wildman–Crippen MR) is 107 cm³/mol. The minimum atomic E-state index is -0.682. The van der Waals surface area contributed by atoms with Crippen molar-refractivity contribution in [2.24, 2.45) is 17.3 Å². The molecule has 1 N–H and O–H groups in total. The quantitative estimate of drug-likeness (QED) is 0.792. The van der Waals surface area contributed by atoms with E-state index in [2.05, 4.69) is 42.8 Å². The van der Waals surface area contributed by atoms with Gasteiger partial charge in [0.1, 0.15) is 0 Å². The zero-order chi connectivity index (χ0) is 18.9. The summed E-state index contributed by atoms with van der Waals surface area (Å²) in [5.74, 6) is -0.590. The molecule has 1 aliphatic rings. The molecule has 140 valence electrons. The second-order valence-electron chi connectivity index (χ2n) is 8.15. The van der Waals surface area contributed by atoms with Gasteiger partial charge in [0, 0.05) is 35.7 Å². The highest BCUT2D eigenvalue weighted by atomic mass is 35.5. The van der Waals surface area contributed by atoms with E-state index in [0.29, 0.717) is 17.5 Å². The zero-order valence-electron chi connectivity index (χ0n) is 15.4. The van der Waals surface area contributed by atoms with Crippen molar-refractivity contribution in [3.8, 4) is 10.6 Å². The smallest absolute Gasteiger partial charge is 0.307 e. The Balaban J connectivity index is 1.74. The first kappa shape index (κ1) is 19.3. The van der Waals surface area contributed by atoms with Crippen molar-refractivity contribution < 1.29 is 9.90 Å². The third-order valence-electron chi connectivity index (χ3n) is 5.12. The van der Waals surface area contributed by atoms with Crippen LogP contribution in [0.5, 0.6) is 0 Å². The minimum Gasteiger partial charge on any atom is -0.481 e. The molecule has 0 aliphatic carbocycles. The van der Waals surface area contributed by atoms with Crippen LogP contribution in [0.3, 0.4) is 0 Å². The molecule has 0 amide bonds. The lowest BCUT2D eigenvalue weighted by atomic mass is 9.73. The summed E-state index contributed by atoms with van der Waals surface area (Å²) in [7, 11) is 0. The van der Waals surface area contributed by atoms with Crippen LogP contribution >= 0.6 is 22.9 Å². The number of aliphatic carboxylic acids is 1. The molecule has 3 rings (SSSR count). The van der Waals surface area contributed by atoms with Crippen molar-refractivity contribution in [2.45, 2.75) is 33.7 Å². The number of nitrogens with zero attached hydrogens (tertiary/aromatic N) is 2. The maximum absolute atomic E-state index is 11.6. The highest BCUT2D eigenvalue weighted by molar-refractivity contribution is 7.15. The topological polar surface area (TPSA) is 53.4 Å². The van der Waals surface area contributed by atoms with Crippen molar-refractivity contribution >= 4 is 28.9 Å². The summed E-state index contributed by atoms with van der Waals surface area (Å²) in [4.78, 5) is 20.6. The number of carboxylic acid groups (broad SMARTS) is 1. The van der Waals surface area contributed by atoms with Crippen LogP contribution in [0.25, 0.3) is 10.6 Å². The molecule has 0 saturated carbocycles. The number of hydrogen-bond acceptors (Lipinski definition) is 4. The molecule has 4 nitrogen and oxygen atoms in total. The Morgan fingerprint density at radius 3 is 2.77 bits per heavy atom. The summed E-state index contributed by atoms with van der Waals surface area (Å²) in [6.45, 7) is 8.94. The molecule has 1 fully saturated rings. The molecular formula is C20H25ClN2O2S. The van der Waals surface area contributed by atoms with Gasteiger partial charge in [0.2, 0.25) is 0 Å². The molecule has 0 aromatic carbocycles. The van der Waals surface area contributed by atoms with Gasteiger partial charge in [0.15, 0.2) is 0 Å². The fourth-order valence-electron chi connectivity index (χ4n) is 3.49. The Morgan fingerprint density at radius 1 is 1.35 bits per heavy atom. The monoisotopic (exact) mass is 392 g/mol. The summed E-state index contributed by atoms with van der Waals surface area (Å²) in [6, 6.07) is 7.82. The normalized spacial score (nSPS) is 21.7. The van der Waals surface area contributed by atoms with Gasteiger partial charge in [-0.2, -0.15) is 0 Å². The Bertz CT molecular complexity index is 784. The van der Waals surface area contributed by atoms with Gasteiger partial charge in [-0.1, -0.05) is 32.4 Å². The third-order valence-corrected chi connectivity index (χ3v) is 6.44. The number of aromatic nitrogens is 1. The molecule has 3 heterocycles. The van der Waals surface area contributed by atoms with E-state index in [-0.39, 0.29) is 11.3 Å². The lowest BCUT2D eigenvalue weighted by Crippen LogP contribution is -2.46. The number of rotatable bonds is 4. The van der Waals surface area contributed by atoms with Gasteiger partial charge < -0.3 is 5.11 Å². The molecule has 0 radical (unpaired) electrons. The van der Waals surface area contributed by atoms with Gasteiger partial charge in [-0.05, 0) is 42.0 Å². The number of likely N-dealkylation sites (tertiary alicyclic amines) is 1. The van der Waals surface area contributed by atoms with E-state index in [9.17, 15) is 9.90 Å². The van der Waals surface area contributed by atoms with Gasteiger partial charge >= 0.3 is 5.97 Å².